The van der Waals surface area contributed by atoms with E-state index in [0.29, 0.717) is 18.7 Å². The van der Waals surface area contributed by atoms with Crippen LogP contribution in [-0.4, -0.2) is 34.4 Å². The Hall–Kier alpha value is -2.14. The van der Waals surface area contributed by atoms with E-state index in [9.17, 15) is 4.79 Å². The number of H-pyrrole nitrogens is 1. The molecule has 0 fully saturated rings. The summed E-state index contributed by atoms with van der Waals surface area (Å²) in [6, 6.07) is 11.5. The monoisotopic (exact) mass is 259 g/mol. The highest BCUT2D eigenvalue weighted by Gasteiger charge is 2.13. The van der Waals surface area contributed by atoms with Crippen molar-refractivity contribution in [2.45, 2.75) is 12.3 Å². The van der Waals surface area contributed by atoms with Crippen LogP contribution in [0.3, 0.4) is 0 Å². The highest BCUT2D eigenvalue weighted by Crippen LogP contribution is 2.18. The Morgan fingerprint density at radius 2 is 2.11 bits per heavy atom. The first-order valence-corrected chi connectivity index (χ1v) is 6.24. The van der Waals surface area contributed by atoms with Crippen molar-refractivity contribution in [1.29, 1.82) is 0 Å². The molecule has 0 aliphatic heterocycles. The number of amides is 1. The van der Waals surface area contributed by atoms with Crippen molar-refractivity contribution in [3.05, 3.63) is 53.9 Å². The molecule has 0 spiro atoms. The summed E-state index contributed by atoms with van der Waals surface area (Å²) >= 11 is 0. The average Bonchev–Trinajstić information content (AvgIpc) is 2.98. The smallest absolute Gasteiger partial charge is 0.269 e. The highest BCUT2D eigenvalue weighted by molar-refractivity contribution is 5.92. The van der Waals surface area contributed by atoms with Crippen molar-refractivity contribution in [1.82, 2.24) is 15.5 Å². The van der Waals surface area contributed by atoms with Crippen LogP contribution < -0.4 is 5.32 Å². The number of hydrogen-bond donors (Lipinski definition) is 3. The van der Waals surface area contributed by atoms with Gasteiger partial charge in [-0.3, -0.25) is 9.89 Å². The Balaban J connectivity index is 1.96. The largest absolute Gasteiger partial charge is 0.396 e. The number of carbonyl (C=O) groups is 1. The molecule has 0 aliphatic rings. The molecule has 0 saturated heterocycles. The lowest BCUT2D eigenvalue weighted by molar-refractivity contribution is 0.0944. The number of benzene rings is 1. The van der Waals surface area contributed by atoms with E-state index in [2.05, 4.69) is 15.5 Å². The van der Waals surface area contributed by atoms with Crippen LogP contribution in [0.5, 0.6) is 0 Å². The molecule has 1 heterocycles. The van der Waals surface area contributed by atoms with Crippen LogP contribution in [0.4, 0.5) is 0 Å². The van der Waals surface area contributed by atoms with Gasteiger partial charge in [0.05, 0.1) is 0 Å². The maximum absolute atomic E-state index is 11.8. The number of aliphatic hydroxyl groups is 1. The van der Waals surface area contributed by atoms with Gasteiger partial charge in [0.1, 0.15) is 5.69 Å². The Bertz CT molecular complexity index is 497. The first-order chi connectivity index (χ1) is 9.31. The predicted octanol–water partition coefficient (Wildman–Crippen LogP) is 1.31. The first kappa shape index (κ1) is 13.3. The lowest BCUT2D eigenvalue weighted by Crippen LogP contribution is -2.29. The number of hydrogen-bond acceptors (Lipinski definition) is 3. The molecule has 1 amide bonds. The van der Waals surface area contributed by atoms with Gasteiger partial charge in [-0.25, -0.2) is 0 Å². The molecule has 19 heavy (non-hydrogen) atoms. The highest BCUT2D eigenvalue weighted by atomic mass is 16.3. The topological polar surface area (TPSA) is 78.0 Å². The van der Waals surface area contributed by atoms with E-state index in [-0.39, 0.29) is 18.4 Å². The fourth-order valence-corrected chi connectivity index (χ4v) is 1.96. The summed E-state index contributed by atoms with van der Waals surface area (Å²) in [4.78, 5) is 11.8. The van der Waals surface area contributed by atoms with Gasteiger partial charge in [0.15, 0.2) is 0 Å². The number of nitrogens with one attached hydrogen (secondary N) is 2. The van der Waals surface area contributed by atoms with Crippen LogP contribution in [0.1, 0.15) is 28.4 Å². The van der Waals surface area contributed by atoms with Crippen LogP contribution in [-0.2, 0) is 0 Å². The maximum Gasteiger partial charge on any atom is 0.269 e. The van der Waals surface area contributed by atoms with Gasteiger partial charge in [-0.1, -0.05) is 30.3 Å². The third-order valence-electron chi connectivity index (χ3n) is 3.00. The lowest BCUT2D eigenvalue weighted by Gasteiger charge is -2.16. The summed E-state index contributed by atoms with van der Waals surface area (Å²) in [5.41, 5.74) is 1.55. The van der Waals surface area contributed by atoms with Crippen LogP contribution in [0, 0.1) is 0 Å². The molecule has 3 N–H and O–H groups in total. The Kier molecular flexibility index (Phi) is 4.69. The Morgan fingerprint density at radius 3 is 2.74 bits per heavy atom. The second kappa shape index (κ2) is 6.70. The first-order valence-electron chi connectivity index (χ1n) is 6.24. The van der Waals surface area contributed by atoms with Crippen molar-refractivity contribution < 1.29 is 9.90 Å². The molecule has 100 valence electrons. The second-order valence-electron chi connectivity index (χ2n) is 4.30. The molecule has 0 radical (unpaired) electrons. The minimum Gasteiger partial charge on any atom is -0.396 e. The summed E-state index contributed by atoms with van der Waals surface area (Å²) in [6.45, 7) is 0.585. The zero-order valence-electron chi connectivity index (χ0n) is 10.5. The van der Waals surface area contributed by atoms with E-state index < -0.39 is 0 Å². The van der Waals surface area contributed by atoms with Gasteiger partial charge >= 0.3 is 0 Å². The van der Waals surface area contributed by atoms with Crippen molar-refractivity contribution >= 4 is 5.91 Å². The molecule has 1 atom stereocenters. The second-order valence-corrected chi connectivity index (χ2v) is 4.30. The van der Waals surface area contributed by atoms with Gasteiger partial charge in [0.2, 0.25) is 0 Å². The van der Waals surface area contributed by atoms with Crippen molar-refractivity contribution in [2.24, 2.45) is 0 Å². The molecule has 1 unspecified atom stereocenters. The molecular weight excluding hydrogens is 242 g/mol. The third-order valence-corrected chi connectivity index (χ3v) is 3.00. The van der Waals surface area contributed by atoms with Crippen LogP contribution in [0.25, 0.3) is 0 Å². The minimum atomic E-state index is -0.184. The molecule has 2 aromatic rings. The van der Waals surface area contributed by atoms with Crippen LogP contribution >= 0.6 is 0 Å². The number of aromatic nitrogens is 2. The third kappa shape index (κ3) is 3.66. The number of nitrogens with zero attached hydrogens (tertiary/aromatic N) is 1. The molecule has 5 nitrogen and oxygen atoms in total. The molecule has 0 aliphatic carbocycles. The maximum atomic E-state index is 11.8. The molecular formula is C14H17N3O2. The quantitative estimate of drug-likeness (QED) is 0.732. The van der Waals surface area contributed by atoms with Gasteiger partial charge in [0, 0.05) is 25.3 Å². The molecule has 1 aromatic carbocycles. The van der Waals surface area contributed by atoms with E-state index in [0.717, 1.165) is 5.56 Å². The van der Waals surface area contributed by atoms with Crippen molar-refractivity contribution in [3.8, 4) is 0 Å². The zero-order valence-corrected chi connectivity index (χ0v) is 10.5. The van der Waals surface area contributed by atoms with Crippen LogP contribution in [0.15, 0.2) is 42.6 Å². The van der Waals surface area contributed by atoms with E-state index in [4.69, 9.17) is 5.11 Å². The van der Waals surface area contributed by atoms with Gasteiger partial charge < -0.3 is 10.4 Å². The molecule has 1 aromatic heterocycles. The van der Waals surface area contributed by atoms with Gasteiger partial charge in [-0.05, 0) is 18.1 Å². The lowest BCUT2D eigenvalue weighted by atomic mass is 9.96. The minimum absolute atomic E-state index is 0.0967. The summed E-state index contributed by atoms with van der Waals surface area (Å²) in [7, 11) is 0. The Labute approximate surface area is 111 Å². The molecule has 0 saturated carbocycles. The van der Waals surface area contributed by atoms with Crippen molar-refractivity contribution in [3.63, 3.8) is 0 Å². The zero-order chi connectivity index (χ0) is 13.5. The number of aliphatic hydroxyl groups excluding tert-OH is 1. The predicted molar refractivity (Wildman–Crippen MR) is 71.8 cm³/mol. The van der Waals surface area contributed by atoms with Crippen molar-refractivity contribution in [2.75, 3.05) is 13.2 Å². The SMILES string of the molecule is O=C(NCC(CCO)c1ccccc1)c1ccn[nH]1. The summed E-state index contributed by atoms with van der Waals surface area (Å²) in [6.07, 6.45) is 2.16. The molecule has 5 heteroatoms. The normalized spacial score (nSPS) is 12.1. The van der Waals surface area contributed by atoms with Gasteiger partial charge in [-0.15, -0.1) is 0 Å². The Morgan fingerprint density at radius 1 is 1.32 bits per heavy atom. The summed E-state index contributed by atoms with van der Waals surface area (Å²) < 4.78 is 0. The number of carbonyl (C=O) groups excluding carboxylic acids is 1. The average molecular weight is 259 g/mol. The van der Waals surface area contributed by atoms with Gasteiger partial charge in [0.25, 0.3) is 5.91 Å². The summed E-state index contributed by atoms with van der Waals surface area (Å²) in [5, 5.41) is 18.3. The fourth-order valence-electron chi connectivity index (χ4n) is 1.96. The van der Waals surface area contributed by atoms with E-state index >= 15 is 0 Å². The van der Waals surface area contributed by atoms with E-state index in [1.54, 1.807) is 6.07 Å². The van der Waals surface area contributed by atoms with Crippen LogP contribution in [0.2, 0.25) is 0 Å². The summed E-state index contributed by atoms with van der Waals surface area (Å²) in [5.74, 6) is -0.0746. The standard InChI is InChI=1S/C14H17N3O2/c18-9-7-12(11-4-2-1-3-5-11)10-15-14(19)13-6-8-16-17-13/h1-6,8,12,18H,7,9-10H2,(H,15,19)(H,16,17). The van der Waals surface area contributed by atoms with E-state index in [1.165, 1.54) is 6.20 Å². The fraction of sp³-hybridized carbons (Fsp3) is 0.286. The number of aromatic amines is 1. The molecule has 2 rings (SSSR count). The molecule has 0 bridgehead atoms. The van der Waals surface area contributed by atoms with E-state index in [1.807, 2.05) is 30.3 Å². The number of rotatable bonds is 6. The van der Waals surface area contributed by atoms with Gasteiger partial charge in [-0.2, -0.15) is 5.10 Å².